The summed E-state index contributed by atoms with van der Waals surface area (Å²) in [5.74, 6) is 0.956. The van der Waals surface area contributed by atoms with Crippen molar-refractivity contribution in [3.05, 3.63) is 12.7 Å². The summed E-state index contributed by atoms with van der Waals surface area (Å²) in [6, 6.07) is 0. The molecule has 1 heterocycles. The van der Waals surface area contributed by atoms with Gasteiger partial charge in [-0.05, 0) is 57.8 Å². The van der Waals surface area contributed by atoms with Gasteiger partial charge in [0.25, 0.3) is 0 Å². The fourth-order valence-corrected chi connectivity index (χ4v) is 1.81. The topological polar surface area (TPSA) is 24.1 Å². The van der Waals surface area contributed by atoms with Crippen LogP contribution in [0, 0.1) is 5.92 Å². The van der Waals surface area contributed by atoms with E-state index in [2.05, 4.69) is 17.2 Å². The first-order chi connectivity index (χ1) is 6.43. The van der Waals surface area contributed by atoms with Crippen LogP contribution in [-0.2, 0) is 0 Å². The quantitative estimate of drug-likeness (QED) is 0.481. The van der Waals surface area contributed by atoms with Crippen molar-refractivity contribution in [2.75, 3.05) is 26.2 Å². The van der Waals surface area contributed by atoms with Crippen LogP contribution in [-0.4, -0.2) is 26.2 Å². The minimum absolute atomic E-state index is 0.956. The molecule has 0 amide bonds. The van der Waals surface area contributed by atoms with Crippen molar-refractivity contribution < 1.29 is 0 Å². The van der Waals surface area contributed by atoms with Crippen molar-refractivity contribution in [3.63, 3.8) is 0 Å². The van der Waals surface area contributed by atoms with Gasteiger partial charge < -0.3 is 10.6 Å². The van der Waals surface area contributed by atoms with Gasteiger partial charge in [-0.2, -0.15) is 0 Å². The Kier molecular flexibility index (Phi) is 5.87. The Labute approximate surface area is 81.8 Å². The zero-order valence-electron chi connectivity index (χ0n) is 8.52. The smallest absolute Gasteiger partial charge is 0.00144 e. The normalized spacial score (nSPS) is 18.8. The van der Waals surface area contributed by atoms with Crippen molar-refractivity contribution in [2.24, 2.45) is 5.92 Å². The van der Waals surface area contributed by atoms with Crippen molar-refractivity contribution in [3.8, 4) is 0 Å². The average Bonchev–Trinajstić information content (AvgIpc) is 2.19. The van der Waals surface area contributed by atoms with Crippen LogP contribution < -0.4 is 10.6 Å². The monoisotopic (exact) mass is 182 g/mol. The largest absolute Gasteiger partial charge is 0.317 e. The molecule has 0 spiro atoms. The summed E-state index contributed by atoms with van der Waals surface area (Å²) < 4.78 is 0. The summed E-state index contributed by atoms with van der Waals surface area (Å²) in [5.41, 5.74) is 0. The molecule has 2 nitrogen and oxygen atoms in total. The fraction of sp³-hybridized carbons (Fsp3) is 0.818. The van der Waals surface area contributed by atoms with Crippen molar-refractivity contribution >= 4 is 0 Å². The van der Waals surface area contributed by atoms with E-state index in [4.69, 9.17) is 0 Å². The minimum atomic E-state index is 0.956. The van der Waals surface area contributed by atoms with Gasteiger partial charge in [0, 0.05) is 0 Å². The predicted molar refractivity (Wildman–Crippen MR) is 57.9 cm³/mol. The zero-order chi connectivity index (χ0) is 9.36. The van der Waals surface area contributed by atoms with E-state index in [1.165, 1.54) is 38.9 Å². The molecule has 2 heteroatoms. The van der Waals surface area contributed by atoms with Crippen LogP contribution in [0.15, 0.2) is 12.7 Å². The maximum Gasteiger partial charge on any atom is -0.00144 e. The minimum Gasteiger partial charge on any atom is -0.317 e. The molecule has 0 aliphatic carbocycles. The Balaban J connectivity index is 1.89. The van der Waals surface area contributed by atoms with E-state index in [0.717, 1.165) is 18.9 Å². The standard InChI is InChI=1S/C11H22N2/c1-2-3-7-12-8-4-11-5-9-13-10-6-11/h2,11-13H,1,3-10H2. The summed E-state index contributed by atoms with van der Waals surface area (Å²) >= 11 is 0. The highest BCUT2D eigenvalue weighted by Crippen LogP contribution is 2.14. The number of hydrogen-bond donors (Lipinski definition) is 2. The third-order valence-corrected chi connectivity index (χ3v) is 2.71. The second kappa shape index (κ2) is 7.10. The predicted octanol–water partition coefficient (Wildman–Crippen LogP) is 1.54. The molecule has 1 fully saturated rings. The molecule has 0 aromatic rings. The molecule has 0 bridgehead atoms. The first kappa shape index (κ1) is 10.7. The van der Waals surface area contributed by atoms with Crippen LogP contribution in [0.5, 0.6) is 0 Å². The molecule has 1 aliphatic heterocycles. The third kappa shape index (κ3) is 5.06. The van der Waals surface area contributed by atoms with Gasteiger partial charge in [0.15, 0.2) is 0 Å². The highest BCUT2D eigenvalue weighted by molar-refractivity contribution is 4.71. The van der Waals surface area contributed by atoms with E-state index >= 15 is 0 Å². The Hall–Kier alpha value is -0.340. The van der Waals surface area contributed by atoms with Gasteiger partial charge in [-0.25, -0.2) is 0 Å². The second-order valence-electron chi connectivity index (χ2n) is 3.81. The first-order valence-electron chi connectivity index (χ1n) is 5.46. The molecule has 13 heavy (non-hydrogen) atoms. The zero-order valence-corrected chi connectivity index (χ0v) is 8.52. The molecule has 2 N–H and O–H groups in total. The van der Waals surface area contributed by atoms with E-state index in [1.54, 1.807) is 0 Å². The van der Waals surface area contributed by atoms with Gasteiger partial charge in [0.2, 0.25) is 0 Å². The highest BCUT2D eigenvalue weighted by Gasteiger charge is 2.11. The van der Waals surface area contributed by atoms with Gasteiger partial charge >= 0.3 is 0 Å². The van der Waals surface area contributed by atoms with Gasteiger partial charge in [-0.15, -0.1) is 6.58 Å². The van der Waals surface area contributed by atoms with Gasteiger partial charge in [-0.1, -0.05) is 6.08 Å². The number of nitrogens with one attached hydrogen (secondary N) is 2. The maximum atomic E-state index is 3.70. The molecule has 0 radical (unpaired) electrons. The summed E-state index contributed by atoms with van der Waals surface area (Å²) in [6.07, 6.45) is 7.13. The molecule has 0 aromatic heterocycles. The molecule has 0 aromatic carbocycles. The van der Waals surface area contributed by atoms with Crippen LogP contribution in [0.4, 0.5) is 0 Å². The molecular formula is C11H22N2. The molecular weight excluding hydrogens is 160 g/mol. The summed E-state index contributed by atoms with van der Waals surface area (Å²) in [5, 5.41) is 6.83. The van der Waals surface area contributed by atoms with Crippen molar-refractivity contribution in [2.45, 2.75) is 25.7 Å². The Bertz CT molecular complexity index is 128. The van der Waals surface area contributed by atoms with E-state index in [0.29, 0.717) is 0 Å². The summed E-state index contributed by atoms with van der Waals surface area (Å²) in [4.78, 5) is 0. The van der Waals surface area contributed by atoms with Gasteiger partial charge in [-0.3, -0.25) is 0 Å². The summed E-state index contributed by atoms with van der Waals surface area (Å²) in [6.45, 7) is 8.41. The lowest BCUT2D eigenvalue weighted by Gasteiger charge is -2.22. The van der Waals surface area contributed by atoms with E-state index in [1.807, 2.05) is 6.08 Å². The van der Waals surface area contributed by atoms with E-state index < -0.39 is 0 Å². The molecule has 1 aliphatic rings. The van der Waals surface area contributed by atoms with E-state index in [9.17, 15) is 0 Å². The van der Waals surface area contributed by atoms with Crippen LogP contribution in [0.1, 0.15) is 25.7 Å². The molecule has 76 valence electrons. The molecule has 1 rings (SSSR count). The lowest BCUT2D eigenvalue weighted by Crippen LogP contribution is -2.29. The Morgan fingerprint density at radius 1 is 1.31 bits per heavy atom. The van der Waals surface area contributed by atoms with Gasteiger partial charge in [0.1, 0.15) is 0 Å². The number of rotatable bonds is 6. The molecule has 0 unspecified atom stereocenters. The highest BCUT2D eigenvalue weighted by atomic mass is 14.9. The summed E-state index contributed by atoms with van der Waals surface area (Å²) in [7, 11) is 0. The molecule has 1 saturated heterocycles. The molecule has 0 atom stereocenters. The number of hydrogen-bond acceptors (Lipinski definition) is 2. The van der Waals surface area contributed by atoms with Crippen LogP contribution in [0.3, 0.4) is 0 Å². The van der Waals surface area contributed by atoms with Gasteiger partial charge in [0.05, 0.1) is 0 Å². The second-order valence-corrected chi connectivity index (χ2v) is 3.81. The molecule has 0 saturated carbocycles. The van der Waals surface area contributed by atoms with Crippen LogP contribution >= 0.6 is 0 Å². The van der Waals surface area contributed by atoms with Crippen LogP contribution in [0.25, 0.3) is 0 Å². The average molecular weight is 182 g/mol. The Morgan fingerprint density at radius 3 is 2.77 bits per heavy atom. The first-order valence-corrected chi connectivity index (χ1v) is 5.46. The van der Waals surface area contributed by atoms with Crippen molar-refractivity contribution in [1.82, 2.24) is 10.6 Å². The maximum absolute atomic E-state index is 3.70. The van der Waals surface area contributed by atoms with Crippen molar-refractivity contribution in [1.29, 1.82) is 0 Å². The SMILES string of the molecule is C=CCCNCCC1CCNCC1. The lowest BCUT2D eigenvalue weighted by atomic mass is 9.95. The fourth-order valence-electron chi connectivity index (χ4n) is 1.81. The van der Waals surface area contributed by atoms with Crippen LogP contribution in [0.2, 0.25) is 0 Å². The third-order valence-electron chi connectivity index (χ3n) is 2.71. The lowest BCUT2D eigenvalue weighted by molar-refractivity contribution is 0.349. The number of piperidine rings is 1. The van der Waals surface area contributed by atoms with E-state index in [-0.39, 0.29) is 0 Å². The Morgan fingerprint density at radius 2 is 2.08 bits per heavy atom.